The summed E-state index contributed by atoms with van der Waals surface area (Å²) in [7, 11) is 1.77. The summed E-state index contributed by atoms with van der Waals surface area (Å²) in [5.74, 6) is 2.65. The molecule has 0 atom stereocenters. The number of methoxy groups -OCH3 is 1. The van der Waals surface area contributed by atoms with E-state index in [1.165, 1.54) is 44.1 Å². The lowest BCUT2D eigenvalue weighted by Crippen LogP contribution is -2.15. The van der Waals surface area contributed by atoms with Crippen molar-refractivity contribution in [3.63, 3.8) is 0 Å². The van der Waals surface area contributed by atoms with Crippen molar-refractivity contribution < 1.29 is 4.74 Å². The van der Waals surface area contributed by atoms with Gasteiger partial charge in [0.15, 0.2) is 0 Å². The third-order valence-corrected chi connectivity index (χ3v) is 4.24. The van der Waals surface area contributed by atoms with Crippen LogP contribution in [-0.4, -0.2) is 13.7 Å². The topological polar surface area (TPSA) is 35.2 Å². The summed E-state index contributed by atoms with van der Waals surface area (Å²) < 4.78 is 5.47. The van der Waals surface area contributed by atoms with Crippen LogP contribution in [0, 0.1) is 5.92 Å². The Hall–Kier alpha value is -1.02. The maximum atomic E-state index is 5.59. The SMILES string of the molecule is COc1ccccc1C1CCC(CCCN)CC1. The second-order valence-corrected chi connectivity index (χ2v) is 5.39. The number of ether oxygens (including phenoxy) is 1. The van der Waals surface area contributed by atoms with Gasteiger partial charge in [-0.1, -0.05) is 18.2 Å². The van der Waals surface area contributed by atoms with Crippen LogP contribution < -0.4 is 10.5 Å². The van der Waals surface area contributed by atoms with Gasteiger partial charge in [-0.25, -0.2) is 0 Å². The minimum atomic E-state index is 0.690. The highest BCUT2D eigenvalue weighted by Gasteiger charge is 2.23. The van der Waals surface area contributed by atoms with Gasteiger partial charge in [0.05, 0.1) is 7.11 Å². The standard InChI is InChI=1S/C16H25NO/c1-18-16-7-3-2-6-15(16)14-10-8-13(9-11-14)5-4-12-17/h2-3,6-7,13-14H,4-5,8-12,17H2,1H3. The van der Waals surface area contributed by atoms with Crippen molar-refractivity contribution in [2.75, 3.05) is 13.7 Å². The quantitative estimate of drug-likeness (QED) is 0.861. The Morgan fingerprint density at radius 3 is 2.56 bits per heavy atom. The Labute approximate surface area is 111 Å². The summed E-state index contributed by atoms with van der Waals surface area (Å²) in [6.45, 7) is 0.840. The molecule has 2 heteroatoms. The number of para-hydroxylation sites is 1. The third kappa shape index (κ3) is 3.26. The van der Waals surface area contributed by atoms with Crippen molar-refractivity contribution in [2.24, 2.45) is 11.7 Å². The maximum Gasteiger partial charge on any atom is 0.122 e. The molecule has 0 spiro atoms. The van der Waals surface area contributed by atoms with Gasteiger partial charge >= 0.3 is 0 Å². The molecule has 1 aliphatic carbocycles. The van der Waals surface area contributed by atoms with Crippen molar-refractivity contribution in [3.8, 4) is 5.75 Å². The zero-order valence-corrected chi connectivity index (χ0v) is 11.4. The number of benzene rings is 1. The fraction of sp³-hybridized carbons (Fsp3) is 0.625. The van der Waals surface area contributed by atoms with Crippen LogP contribution in [-0.2, 0) is 0 Å². The van der Waals surface area contributed by atoms with Crippen molar-refractivity contribution in [3.05, 3.63) is 29.8 Å². The van der Waals surface area contributed by atoms with Gasteiger partial charge in [-0.2, -0.15) is 0 Å². The molecule has 1 aliphatic rings. The van der Waals surface area contributed by atoms with E-state index in [0.29, 0.717) is 5.92 Å². The Morgan fingerprint density at radius 2 is 1.89 bits per heavy atom. The van der Waals surface area contributed by atoms with Crippen LogP contribution in [0.3, 0.4) is 0 Å². The second kappa shape index (κ2) is 6.79. The van der Waals surface area contributed by atoms with Crippen LogP contribution in [0.1, 0.15) is 50.0 Å². The first-order valence-electron chi connectivity index (χ1n) is 7.18. The van der Waals surface area contributed by atoms with E-state index in [1.807, 2.05) is 0 Å². The summed E-state index contributed by atoms with van der Waals surface area (Å²) in [4.78, 5) is 0. The number of nitrogens with two attached hydrogens (primary N) is 1. The van der Waals surface area contributed by atoms with E-state index in [0.717, 1.165) is 18.2 Å². The molecule has 2 nitrogen and oxygen atoms in total. The predicted molar refractivity (Wildman–Crippen MR) is 76.0 cm³/mol. The molecular formula is C16H25NO. The Bertz CT molecular complexity index is 356. The van der Waals surface area contributed by atoms with Crippen LogP contribution in [0.2, 0.25) is 0 Å². The average molecular weight is 247 g/mol. The Morgan fingerprint density at radius 1 is 1.17 bits per heavy atom. The van der Waals surface area contributed by atoms with Crippen LogP contribution in [0.5, 0.6) is 5.75 Å². The fourth-order valence-corrected chi connectivity index (χ4v) is 3.17. The zero-order valence-electron chi connectivity index (χ0n) is 11.4. The van der Waals surface area contributed by atoms with Crippen LogP contribution in [0.25, 0.3) is 0 Å². The molecule has 0 amide bonds. The van der Waals surface area contributed by atoms with E-state index in [9.17, 15) is 0 Å². The van der Waals surface area contributed by atoms with Gasteiger partial charge in [0.2, 0.25) is 0 Å². The first-order valence-corrected chi connectivity index (χ1v) is 7.18. The molecule has 2 rings (SSSR count). The molecule has 100 valence electrons. The highest BCUT2D eigenvalue weighted by atomic mass is 16.5. The zero-order chi connectivity index (χ0) is 12.8. The lowest BCUT2D eigenvalue weighted by molar-refractivity contribution is 0.300. The summed E-state index contributed by atoms with van der Waals surface area (Å²) in [6.07, 6.45) is 7.80. The third-order valence-electron chi connectivity index (χ3n) is 4.24. The molecule has 0 heterocycles. The number of hydrogen-bond donors (Lipinski definition) is 1. The molecule has 18 heavy (non-hydrogen) atoms. The largest absolute Gasteiger partial charge is 0.496 e. The van der Waals surface area contributed by atoms with Gasteiger partial charge < -0.3 is 10.5 Å². The molecule has 0 saturated heterocycles. The van der Waals surface area contributed by atoms with E-state index in [-0.39, 0.29) is 0 Å². The Kier molecular flexibility index (Phi) is 5.06. The second-order valence-electron chi connectivity index (χ2n) is 5.39. The van der Waals surface area contributed by atoms with Gasteiger partial charge in [-0.05, 0) is 68.5 Å². The van der Waals surface area contributed by atoms with Crippen molar-refractivity contribution in [2.45, 2.75) is 44.4 Å². The molecule has 1 saturated carbocycles. The molecule has 0 unspecified atom stereocenters. The maximum absolute atomic E-state index is 5.59. The number of hydrogen-bond acceptors (Lipinski definition) is 2. The first kappa shape index (κ1) is 13.4. The first-order chi connectivity index (χ1) is 8.85. The molecule has 0 aromatic heterocycles. The molecule has 1 fully saturated rings. The molecule has 0 radical (unpaired) electrons. The smallest absolute Gasteiger partial charge is 0.122 e. The molecular weight excluding hydrogens is 222 g/mol. The monoisotopic (exact) mass is 247 g/mol. The van der Waals surface area contributed by atoms with E-state index in [1.54, 1.807) is 7.11 Å². The highest BCUT2D eigenvalue weighted by molar-refractivity contribution is 5.36. The van der Waals surface area contributed by atoms with Gasteiger partial charge in [0, 0.05) is 0 Å². The minimum absolute atomic E-state index is 0.690. The van der Waals surface area contributed by atoms with Crippen LogP contribution >= 0.6 is 0 Å². The minimum Gasteiger partial charge on any atom is -0.496 e. The summed E-state index contributed by atoms with van der Waals surface area (Å²) >= 11 is 0. The molecule has 0 aliphatic heterocycles. The van der Waals surface area contributed by atoms with E-state index >= 15 is 0 Å². The fourth-order valence-electron chi connectivity index (χ4n) is 3.17. The van der Waals surface area contributed by atoms with Crippen LogP contribution in [0.15, 0.2) is 24.3 Å². The lowest BCUT2D eigenvalue weighted by Gasteiger charge is -2.29. The van der Waals surface area contributed by atoms with Crippen molar-refractivity contribution >= 4 is 0 Å². The van der Waals surface area contributed by atoms with Crippen molar-refractivity contribution in [1.29, 1.82) is 0 Å². The highest BCUT2D eigenvalue weighted by Crippen LogP contribution is 2.40. The van der Waals surface area contributed by atoms with Gasteiger partial charge in [0.25, 0.3) is 0 Å². The van der Waals surface area contributed by atoms with Crippen LogP contribution in [0.4, 0.5) is 0 Å². The normalized spacial score (nSPS) is 23.9. The summed E-state index contributed by atoms with van der Waals surface area (Å²) in [6, 6.07) is 8.48. The van der Waals surface area contributed by atoms with Gasteiger partial charge in [-0.3, -0.25) is 0 Å². The molecule has 2 N–H and O–H groups in total. The Balaban J connectivity index is 1.92. The average Bonchev–Trinajstić information content (AvgIpc) is 2.45. The molecule has 1 aromatic carbocycles. The molecule has 1 aromatic rings. The summed E-state index contributed by atoms with van der Waals surface area (Å²) in [5, 5.41) is 0. The van der Waals surface area contributed by atoms with Gasteiger partial charge in [-0.15, -0.1) is 0 Å². The predicted octanol–water partition coefficient (Wildman–Crippen LogP) is 3.71. The number of rotatable bonds is 5. The van der Waals surface area contributed by atoms with E-state index < -0.39 is 0 Å². The van der Waals surface area contributed by atoms with E-state index in [4.69, 9.17) is 10.5 Å². The van der Waals surface area contributed by atoms with E-state index in [2.05, 4.69) is 24.3 Å². The lowest BCUT2D eigenvalue weighted by atomic mass is 9.77. The molecule has 0 bridgehead atoms. The summed E-state index contributed by atoms with van der Waals surface area (Å²) in [5.41, 5.74) is 6.99. The van der Waals surface area contributed by atoms with Gasteiger partial charge in [0.1, 0.15) is 5.75 Å². The van der Waals surface area contributed by atoms with Crippen molar-refractivity contribution in [1.82, 2.24) is 0 Å².